The van der Waals surface area contributed by atoms with E-state index < -0.39 is 11.7 Å². The van der Waals surface area contributed by atoms with Crippen LogP contribution in [0.5, 0.6) is 0 Å². The predicted octanol–water partition coefficient (Wildman–Crippen LogP) is 6.45. The van der Waals surface area contributed by atoms with Gasteiger partial charge in [0.15, 0.2) is 5.65 Å². The molecule has 0 radical (unpaired) electrons. The molecular weight excluding hydrogens is 475 g/mol. The van der Waals surface area contributed by atoms with Crippen molar-refractivity contribution in [3.8, 4) is 11.3 Å². The number of aromatic nitrogens is 3. The molecular formula is C26H25ClF3N5. The molecule has 35 heavy (non-hydrogen) atoms. The van der Waals surface area contributed by atoms with Gasteiger partial charge in [0.2, 0.25) is 0 Å². The Morgan fingerprint density at radius 1 is 1.06 bits per heavy atom. The van der Waals surface area contributed by atoms with Crippen LogP contribution in [0.25, 0.3) is 16.9 Å². The second kappa shape index (κ2) is 9.51. The molecule has 182 valence electrons. The molecule has 0 spiro atoms. The Morgan fingerprint density at radius 3 is 2.57 bits per heavy atom. The number of fused-ring (bicyclic) bond motifs is 1. The lowest BCUT2D eigenvalue weighted by molar-refractivity contribution is -0.137. The fourth-order valence-electron chi connectivity index (χ4n) is 4.53. The van der Waals surface area contributed by atoms with Crippen LogP contribution in [0.1, 0.15) is 29.5 Å². The highest BCUT2D eigenvalue weighted by Gasteiger charge is 2.30. The zero-order valence-corrected chi connectivity index (χ0v) is 19.9. The highest BCUT2D eigenvalue weighted by atomic mass is 35.5. The van der Waals surface area contributed by atoms with Gasteiger partial charge in [-0.3, -0.25) is 4.90 Å². The van der Waals surface area contributed by atoms with Gasteiger partial charge in [-0.1, -0.05) is 48.0 Å². The molecule has 1 aliphatic heterocycles. The summed E-state index contributed by atoms with van der Waals surface area (Å²) in [6.45, 7) is 4.06. The molecule has 9 heteroatoms. The first-order valence-corrected chi connectivity index (χ1v) is 11.9. The highest BCUT2D eigenvalue weighted by molar-refractivity contribution is 6.33. The maximum atomic E-state index is 13.0. The second-order valence-corrected chi connectivity index (χ2v) is 9.37. The fourth-order valence-corrected chi connectivity index (χ4v) is 4.76. The summed E-state index contributed by atoms with van der Waals surface area (Å²) >= 11 is 6.43. The molecule has 2 aromatic heterocycles. The van der Waals surface area contributed by atoms with Crippen molar-refractivity contribution in [1.29, 1.82) is 0 Å². The van der Waals surface area contributed by atoms with Crippen molar-refractivity contribution in [2.45, 2.75) is 38.5 Å². The number of piperidine rings is 1. The number of hydrogen-bond donors (Lipinski definition) is 1. The lowest BCUT2D eigenvalue weighted by Crippen LogP contribution is -2.39. The van der Waals surface area contributed by atoms with Gasteiger partial charge in [0.1, 0.15) is 5.82 Å². The van der Waals surface area contributed by atoms with Gasteiger partial charge < -0.3 is 5.32 Å². The van der Waals surface area contributed by atoms with Gasteiger partial charge in [-0.15, -0.1) is 0 Å². The highest BCUT2D eigenvalue weighted by Crippen LogP contribution is 2.31. The summed E-state index contributed by atoms with van der Waals surface area (Å²) in [6.07, 6.45) is -0.799. The molecule has 1 aliphatic rings. The average Bonchev–Trinajstić information content (AvgIpc) is 3.21. The number of rotatable bonds is 5. The van der Waals surface area contributed by atoms with Crippen LogP contribution in [-0.2, 0) is 12.7 Å². The van der Waals surface area contributed by atoms with Crippen molar-refractivity contribution >= 4 is 23.1 Å². The molecule has 2 aromatic carbocycles. The van der Waals surface area contributed by atoms with Crippen molar-refractivity contribution in [2.75, 3.05) is 18.4 Å². The lowest BCUT2D eigenvalue weighted by atomic mass is 10.0. The van der Waals surface area contributed by atoms with E-state index in [1.165, 1.54) is 12.1 Å². The van der Waals surface area contributed by atoms with Gasteiger partial charge in [0, 0.05) is 47.9 Å². The van der Waals surface area contributed by atoms with Crippen LogP contribution >= 0.6 is 11.6 Å². The smallest absolute Gasteiger partial charge is 0.367 e. The van der Waals surface area contributed by atoms with Gasteiger partial charge in [-0.05, 0) is 37.5 Å². The Balaban J connectivity index is 1.30. The van der Waals surface area contributed by atoms with Gasteiger partial charge in [-0.25, -0.2) is 4.98 Å². The van der Waals surface area contributed by atoms with Crippen molar-refractivity contribution in [2.24, 2.45) is 0 Å². The van der Waals surface area contributed by atoms with E-state index in [0.29, 0.717) is 17.1 Å². The second-order valence-electron chi connectivity index (χ2n) is 8.96. The van der Waals surface area contributed by atoms with Crippen LogP contribution < -0.4 is 5.32 Å². The zero-order chi connectivity index (χ0) is 24.6. The first-order chi connectivity index (χ1) is 16.8. The topological polar surface area (TPSA) is 45.5 Å². The summed E-state index contributed by atoms with van der Waals surface area (Å²) in [6, 6.07) is 15.4. The molecule has 1 N–H and O–H groups in total. The molecule has 5 nitrogen and oxygen atoms in total. The Hall–Kier alpha value is -3.10. The quantitative estimate of drug-likeness (QED) is 0.342. The molecule has 1 fully saturated rings. The number of nitrogens with one attached hydrogen (secondary N) is 1. The summed E-state index contributed by atoms with van der Waals surface area (Å²) in [5.74, 6) is 0.842. The maximum absolute atomic E-state index is 13.0. The normalized spacial score (nSPS) is 15.6. The summed E-state index contributed by atoms with van der Waals surface area (Å²) in [5.41, 5.74) is 3.45. The third-order valence-electron chi connectivity index (χ3n) is 6.40. The zero-order valence-electron chi connectivity index (χ0n) is 19.2. The van der Waals surface area contributed by atoms with E-state index >= 15 is 0 Å². The third-order valence-corrected chi connectivity index (χ3v) is 6.73. The van der Waals surface area contributed by atoms with Gasteiger partial charge >= 0.3 is 6.18 Å². The Labute approximate surface area is 206 Å². The van der Waals surface area contributed by atoms with E-state index in [4.69, 9.17) is 16.6 Å². The minimum Gasteiger partial charge on any atom is -0.367 e. The molecule has 0 aliphatic carbocycles. The van der Waals surface area contributed by atoms with Crippen LogP contribution in [0.2, 0.25) is 5.02 Å². The summed E-state index contributed by atoms with van der Waals surface area (Å²) in [5, 5.41) is 8.75. The van der Waals surface area contributed by atoms with E-state index in [0.717, 1.165) is 60.3 Å². The molecule has 5 rings (SSSR count). The first kappa shape index (κ1) is 23.6. The predicted molar refractivity (Wildman–Crippen MR) is 132 cm³/mol. The number of nitrogens with zero attached hydrogens (tertiary/aromatic N) is 4. The Morgan fingerprint density at radius 2 is 1.83 bits per heavy atom. The first-order valence-electron chi connectivity index (χ1n) is 11.5. The van der Waals surface area contributed by atoms with Crippen LogP contribution in [0.4, 0.5) is 19.0 Å². The Bertz CT molecular complexity index is 1340. The standard InChI is InChI=1S/C26H25ClF3N5/c1-17-15-31-35-24(14-23(33-25(17)35)21-7-2-3-8-22(21)27)32-20-9-11-34(12-10-20)16-18-5-4-6-19(13-18)26(28,29)30/h2-8,13-15,20,32H,9-12,16H2,1H3. The number of halogens is 4. The molecule has 4 aromatic rings. The molecule has 0 unspecified atom stereocenters. The number of aryl methyl sites for hydroxylation is 1. The molecule has 0 atom stereocenters. The van der Waals surface area contributed by atoms with Crippen molar-refractivity contribution in [3.63, 3.8) is 0 Å². The van der Waals surface area contributed by atoms with Crippen LogP contribution in [-0.4, -0.2) is 38.6 Å². The van der Waals surface area contributed by atoms with Crippen molar-refractivity contribution < 1.29 is 13.2 Å². The lowest BCUT2D eigenvalue weighted by Gasteiger charge is -2.33. The van der Waals surface area contributed by atoms with Crippen LogP contribution in [0.3, 0.4) is 0 Å². The summed E-state index contributed by atoms with van der Waals surface area (Å²) in [4.78, 5) is 6.99. The van der Waals surface area contributed by atoms with E-state index in [1.54, 1.807) is 12.3 Å². The monoisotopic (exact) mass is 499 g/mol. The van der Waals surface area contributed by atoms with E-state index in [2.05, 4.69) is 15.3 Å². The van der Waals surface area contributed by atoms with Crippen LogP contribution in [0.15, 0.2) is 60.8 Å². The number of likely N-dealkylation sites (tertiary alicyclic amines) is 1. The van der Waals surface area contributed by atoms with Gasteiger partial charge in [-0.2, -0.15) is 22.8 Å². The molecule has 0 amide bonds. The number of alkyl halides is 3. The summed E-state index contributed by atoms with van der Waals surface area (Å²) in [7, 11) is 0. The third kappa shape index (κ3) is 5.13. The minimum atomic E-state index is -4.32. The Kier molecular flexibility index (Phi) is 6.42. The molecule has 0 saturated carbocycles. The van der Waals surface area contributed by atoms with E-state index in [-0.39, 0.29) is 6.04 Å². The average molecular weight is 500 g/mol. The maximum Gasteiger partial charge on any atom is 0.416 e. The van der Waals surface area contributed by atoms with E-state index in [9.17, 15) is 13.2 Å². The van der Waals surface area contributed by atoms with Gasteiger partial charge in [0.25, 0.3) is 0 Å². The van der Waals surface area contributed by atoms with Crippen LogP contribution in [0, 0.1) is 6.92 Å². The fraction of sp³-hybridized carbons (Fsp3) is 0.308. The van der Waals surface area contributed by atoms with Crippen molar-refractivity contribution in [1.82, 2.24) is 19.5 Å². The number of anilines is 1. The number of hydrogen-bond acceptors (Lipinski definition) is 4. The van der Waals surface area contributed by atoms with E-state index in [1.807, 2.05) is 41.8 Å². The minimum absolute atomic E-state index is 0.210. The molecule has 0 bridgehead atoms. The summed E-state index contributed by atoms with van der Waals surface area (Å²) < 4.78 is 40.9. The molecule has 3 heterocycles. The van der Waals surface area contributed by atoms with Crippen molar-refractivity contribution in [3.05, 3.63) is 82.5 Å². The largest absolute Gasteiger partial charge is 0.416 e. The molecule has 1 saturated heterocycles. The SMILES string of the molecule is Cc1cnn2c(NC3CCN(Cc4cccc(C(F)(F)F)c4)CC3)cc(-c3ccccc3Cl)nc12. The van der Waals surface area contributed by atoms with Gasteiger partial charge in [0.05, 0.1) is 17.5 Å². The number of benzene rings is 2.